The first-order valence-electron chi connectivity index (χ1n) is 12.7. The van der Waals surface area contributed by atoms with E-state index in [0.717, 1.165) is 12.8 Å². The number of carbonyl (C=O) groups is 3. The van der Waals surface area contributed by atoms with Gasteiger partial charge in [0.25, 0.3) is 11.8 Å². The normalized spacial score (nSPS) is 13.1. The lowest BCUT2D eigenvalue weighted by Crippen LogP contribution is -2.38. The van der Waals surface area contributed by atoms with Crippen LogP contribution >= 0.6 is 0 Å². The second-order valence-electron chi connectivity index (χ2n) is 9.25. The van der Waals surface area contributed by atoms with E-state index in [4.69, 9.17) is 15.7 Å². The van der Waals surface area contributed by atoms with Crippen LogP contribution in [0.5, 0.6) is 5.75 Å². The zero-order valence-electron chi connectivity index (χ0n) is 22.7. The second-order valence-corrected chi connectivity index (χ2v) is 9.25. The molecule has 14 heteroatoms. The van der Waals surface area contributed by atoms with Crippen molar-refractivity contribution in [2.24, 2.45) is 5.73 Å². The quantitative estimate of drug-likeness (QED) is 0.212. The van der Waals surface area contributed by atoms with Crippen LogP contribution in [0.4, 0.5) is 23.1 Å². The summed E-state index contributed by atoms with van der Waals surface area (Å²) in [5.41, 5.74) is 7.65. The van der Waals surface area contributed by atoms with E-state index in [1.54, 1.807) is 24.1 Å². The monoisotopic (exact) mass is 558 g/mol. The minimum atomic E-state index is -0.739. The number of likely N-dealkylation sites (tertiary alicyclic amines) is 1. The third-order valence-corrected chi connectivity index (χ3v) is 6.59. The average Bonchev–Trinajstić information content (AvgIpc) is 3.44. The Bertz CT molecular complexity index is 1520. The maximum absolute atomic E-state index is 12.4. The van der Waals surface area contributed by atoms with Crippen molar-refractivity contribution in [3.8, 4) is 11.8 Å². The van der Waals surface area contributed by atoms with Gasteiger partial charge in [-0.15, -0.1) is 0 Å². The molecule has 0 atom stereocenters. The standard InChI is InChI=1S/C27H30N10O4/c1-4-22(38)36-9-5-19(6-10-36)37-15-18(13-32-37)33-27-31-14-20(24(29)39)25(35-27)34-23-16(2)11-17(12-21(23)41-3)26(40)30-8-7-28/h4,11-15,19H,1,5-6,8-10H2,2-3H3,(H2,29,39)(H,30,40)(H2,31,33,34,35). The molecule has 5 N–H and O–H groups in total. The van der Waals surface area contributed by atoms with E-state index in [-0.39, 0.29) is 35.8 Å². The van der Waals surface area contributed by atoms with E-state index < -0.39 is 11.8 Å². The highest BCUT2D eigenvalue weighted by Crippen LogP contribution is 2.33. The number of ether oxygens (including phenoxy) is 1. The third kappa shape index (κ3) is 6.59. The van der Waals surface area contributed by atoms with Gasteiger partial charge in [-0.1, -0.05) is 6.58 Å². The van der Waals surface area contributed by atoms with E-state index >= 15 is 0 Å². The van der Waals surface area contributed by atoms with Crippen LogP contribution in [-0.4, -0.2) is 69.1 Å². The van der Waals surface area contributed by atoms with E-state index in [9.17, 15) is 14.4 Å². The van der Waals surface area contributed by atoms with E-state index in [2.05, 4.69) is 37.6 Å². The van der Waals surface area contributed by atoms with Gasteiger partial charge >= 0.3 is 0 Å². The molecule has 41 heavy (non-hydrogen) atoms. The fourth-order valence-corrected chi connectivity index (χ4v) is 4.48. The highest BCUT2D eigenvalue weighted by atomic mass is 16.5. The molecule has 3 amide bonds. The molecule has 3 heterocycles. The number of piperidine rings is 1. The van der Waals surface area contributed by atoms with Gasteiger partial charge in [0.05, 0.1) is 36.8 Å². The average molecular weight is 559 g/mol. The lowest BCUT2D eigenvalue weighted by Gasteiger charge is -2.31. The van der Waals surface area contributed by atoms with Crippen molar-refractivity contribution in [1.82, 2.24) is 30.0 Å². The number of carbonyl (C=O) groups excluding carboxylic acids is 3. The molecule has 0 spiro atoms. The molecule has 1 aliphatic rings. The molecule has 0 aliphatic carbocycles. The van der Waals surface area contributed by atoms with Crippen LogP contribution in [0.2, 0.25) is 0 Å². The molecule has 1 aromatic carbocycles. The number of benzene rings is 1. The molecule has 14 nitrogen and oxygen atoms in total. The maximum Gasteiger partial charge on any atom is 0.254 e. The Hall–Kier alpha value is -5.45. The van der Waals surface area contributed by atoms with Crippen molar-refractivity contribution < 1.29 is 19.1 Å². The van der Waals surface area contributed by atoms with Crippen LogP contribution in [-0.2, 0) is 4.79 Å². The van der Waals surface area contributed by atoms with Crippen LogP contribution in [0.15, 0.2) is 43.4 Å². The van der Waals surface area contributed by atoms with Gasteiger partial charge in [0, 0.05) is 31.0 Å². The summed E-state index contributed by atoms with van der Waals surface area (Å²) in [6, 6.07) is 5.13. The lowest BCUT2D eigenvalue weighted by molar-refractivity contribution is -0.127. The van der Waals surface area contributed by atoms with Crippen LogP contribution < -0.4 is 26.4 Å². The molecule has 1 saturated heterocycles. The number of primary amides is 1. The molecule has 1 aliphatic heterocycles. The van der Waals surface area contributed by atoms with Crippen molar-refractivity contribution in [2.45, 2.75) is 25.8 Å². The van der Waals surface area contributed by atoms with Gasteiger partial charge in [-0.25, -0.2) is 4.98 Å². The van der Waals surface area contributed by atoms with Gasteiger partial charge in [-0.3, -0.25) is 19.1 Å². The smallest absolute Gasteiger partial charge is 0.254 e. The fraction of sp³-hybridized carbons (Fsp3) is 0.296. The first-order chi connectivity index (χ1) is 19.7. The summed E-state index contributed by atoms with van der Waals surface area (Å²) in [6.07, 6.45) is 7.63. The van der Waals surface area contributed by atoms with E-state index in [0.29, 0.717) is 41.3 Å². The van der Waals surface area contributed by atoms with Crippen LogP contribution in [0, 0.1) is 18.3 Å². The number of anilines is 4. The van der Waals surface area contributed by atoms with Crippen LogP contribution in [0.25, 0.3) is 0 Å². The number of hydrogen-bond donors (Lipinski definition) is 4. The van der Waals surface area contributed by atoms with Gasteiger partial charge in [0.1, 0.15) is 23.7 Å². The Labute approximate surface area is 236 Å². The van der Waals surface area contributed by atoms with Crippen LogP contribution in [0.1, 0.15) is 45.2 Å². The second kappa shape index (κ2) is 12.6. The number of nitriles is 1. The summed E-state index contributed by atoms with van der Waals surface area (Å²) in [5.74, 6) is -0.605. The number of amides is 3. The van der Waals surface area contributed by atoms with Crippen molar-refractivity contribution >= 4 is 40.9 Å². The number of aryl methyl sites for hydroxylation is 1. The predicted octanol–water partition coefficient (Wildman–Crippen LogP) is 2.18. The maximum atomic E-state index is 12.4. The lowest BCUT2D eigenvalue weighted by atomic mass is 10.1. The van der Waals surface area contributed by atoms with Crippen molar-refractivity contribution in [3.63, 3.8) is 0 Å². The SMILES string of the molecule is C=CC(=O)N1CCC(n2cc(Nc3ncc(C(N)=O)c(Nc4c(C)cc(C(=O)NCC#N)cc4OC)n3)cn2)CC1. The predicted molar refractivity (Wildman–Crippen MR) is 150 cm³/mol. The number of nitrogens with zero attached hydrogens (tertiary/aromatic N) is 6. The number of nitrogens with one attached hydrogen (secondary N) is 3. The Balaban J connectivity index is 1.54. The molecule has 0 radical (unpaired) electrons. The molecule has 0 unspecified atom stereocenters. The van der Waals surface area contributed by atoms with Crippen LogP contribution in [0.3, 0.4) is 0 Å². The molecule has 212 valence electrons. The molecule has 0 saturated carbocycles. The Morgan fingerprint density at radius 1 is 1.24 bits per heavy atom. The summed E-state index contributed by atoms with van der Waals surface area (Å²) in [4.78, 5) is 46.8. The summed E-state index contributed by atoms with van der Waals surface area (Å²) >= 11 is 0. The van der Waals surface area contributed by atoms with Crippen molar-refractivity contribution in [1.29, 1.82) is 5.26 Å². The highest BCUT2D eigenvalue weighted by molar-refractivity contribution is 5.99. The molecule has 3 aromatic rings. The summed E-state index contributed by atoms with van der Waals surface area (Å²) in [5, 5.41) is 21.9. The molecule has 0 bridgehead atoms. The topological polar surface area (TPSA) is 193 Å². The molecule has 2 aromatic heterocycles. The van der Waals surface area contributed by atoms with Gasteiger partial charge in [-0.2, -0.15) is 15.3 Å². The Morgan fingerprint density at radius 2 is 2.00 bits per heavy atom. The summed E-state index contributed by atoms with van der Waals surface area (Å²) < 4.78 is 7.33. The first kappa shape index (κ1) is 28.6. The molecular weight excluding hydrogens is 528 g/mol. The summed E-state index contributed by atoms with van der Waals surface area (Å²) in [6.45, 7) is 6.41. The number of nitrogens with two attached hydrogens (primary N) is 1. The van der Waals surface area contributed by atoms with Gasteiger partial charge in [-0.05, 0) is 43.5 Å². The summed E-state index contributed by atoms with van der Waals surface area (Å²) in [7, 11) is 1.44. The minimum absolute atomic E-state index is 0.0457. The van der Waals surface area contributed by atoms with E-state index in [1.165, 1.54) is 25.4 Å². The zero-order valence-corrected chi connectivity index (χ0v) is 22.7. The zero-order chi connectivity index (χ0) is 29.5. The van der Waals surface area contributed by atoms with Crippen molar-refractivity contribution in [2.75, 3.05) is 37.4 Å². The third-order valence-electron chi connectivity index (χ3n) is 6.59. The van der Waals surface area contributed by atoms with Gasteiger partial charge < -0.3 is 31.3 Å². The Morgan fingerprint density at radius 3 is 2.66 bits per heavy atom. The number of rotatable bonds is 10. The minimum Gasteiger partial charge on any atom is -0.495 e. The first-order valence-corrected chi connectivity index (χ1v) is 12.7. The number of methoxy groups -OCH3 is 1. The van der Waals surface area contributed by atoms with Crippen molar-refractivity contribution in [3.05, 3.63) is 60.1 Å². The number of aromatic nitrogens is 4. The largest absolute Gasteiger partial charge is 0.495 e. The van der Waals surface area contributed by atoms with Gasteiger partial charge in [0.2, 0.25) is 11.9 Å². The highest BCUT2D eigenvalue weighted by Gasteiger charge is 2.23. The molecule has 1 fully saturated rings. The Kier molecular flexibility index (Phi) is 8.78. The molecular formula is C27H30N10O4. The molecule has 4 rings (SSSR count). The van der Waals surface area contributed by atoms with Gasteiger partial charge in [0.15, 0.2) is 0 Å². The fourth-order valence-electron chi connectivity index (χ4n) is 4.48. The van der Waals surface area contributed by atoms with E-state index in [1.807, 2.05) is 16.9 Å². The number of hydrogen-bond acceptors (Lipinski definition) is 10.